The van der Waals surface area contributed by atoms with Crippen molar-refractivity contribution in [2.24, 2.45) is 5.73 Å². The maximum absolute atomic E-state index is 5.73. The van der Waals surface area contributed by atoms with Gasteiger partial charge < -0.3 is 10.5 Å². The van der Waals surface area contributed by atoms with E-state index < -0.39 is 0 Å². The number of nitrogens with two attached hydrogens (primary N) is 1. The van der Waals surface area contributed by atoms with Crippen LogP contribution in [0.25, 0.3) is 0 Å². The number of methoxy groups -OCH3 is 1. The zero-order valence-corrected chi connectivity index (χ0v) is 17.4. The van der Waals surface area contributed by atoms with Crippen LogP contribution in [0, 0.1) is 0 Å². The van der Waals surface area contributed by atoms with Gasteiger partial charge in [0, 0.05) is 31.1 Å². The average molecular weight is 393 g/mol. The van der Waals surface area contributed by atoms with Crippen molar-refractivity contribution in [2.45, 2.75) is 31.1 Å². The van der Waals surface area contributed by atoms with Gasteiger partial charge >= 0.3 is 0 Å². The smallest absolute Gasteiger partial charge is 0.118 e. The predicted molar refractivity (Wildman–Crippen MR) is 119 cm³/mol. The molecule has 0 aromatic heterocycles. The van der Waals surface area contributed by atoms with Crippen LogP contribution in [0.2, 0.25) is 0 Å². The summed E-state index contributed by atoms with van der Waals surface area (Å²) in [5, 5.41) is 0. The molecule has 3 nitrogen and oxygen atoms in total. The summed E-state index contributed by atoms with van der Waals surface area (Å²) < 4.78 is 5.28. The van der Waals surface area contributed by atoms with Gasteiger partial charge in [0.05, 0.1) is 7.11 Å². The fourth-order valence-corrected chi connectivity index (χ4v) is 3.59. The fourth-order valence-electron chi connectivity index (χ4n) is 3.18. The van der Waals surface area contributed by atoms with Crippen LogP contribution in [-0.2, 0) is 26.2 Å². The molecule has 0 spiro atoms. The van der Waals surface area contributed by atoms with Crippen molar-refractivity contribution in [1.82, 2.24) is 4.90 Å². The van der Waals surface area contributed by atoms with E-state index in [0.29, 0.717) is 6.54 Å². The first kappa shape index (κ1) is 20.5. The van der Waals surface area contributed by atoms with Gasteiger partial charge in [-0.25, -0.2) is 0 Å². The Bertz CT molecular complexity index is 728. The minimum atomic E-state index is 0.581. The molecular formula is C24H28N2OS. The lowest BCUT2D eigenvalue weighted by Crippen LogP contribution is -2.22. The number of hydrogen-bond acceptors (Lipinski definition) is 4. The van der Waals surface area contributed by atoms with Gasteiger partial charge in [0.1, 0.15) is 5.75 Å². The zero-order chi connectivity index (χ0) is 19.8. The van der Waals surface area contributed by atoms with Gasteiger partial charge in [-0.05, 0) is 52.8 Å². The van der Waals surface area contributed by atoms with E-state index in [-0.39, 0.29) is 0 Å². The second-order valence-electron chi connectivity index (χ2n) is 6.86. The summed E-state index contributed by atoms with van der Waals surface area (Å²) in [4.78, 5) is 3.76. The van der Waals surface area contributed by atoms with Crippen molar-refractivity contribution >= 4 is 11.8 Å². The summed E-state index contributed by atoms with van der Waals surface area (Å²) in [6.07, 6.45) is 2.11. The molecule has 4 heteroatoms. The quantitative estimate of drug-likeness (QED) is 0.516. The fraction of sp³-hybridized carbons (Fsp3) is 0.250. The van der Waals surface area contributed by atoms with Crippen molar-refractivity contribution in [1.29, 1.82) is 0 Å². The van der Waals surface area contributed by atoms with Crippen LogP contribution in [0.15, 0.2) is 77.7 Å². The van der Waals surface area contributed by atoms with E-state index in [1.165, 1.54) is 21.6 Å². The van der Waals surface area contributed by atoms with Crippen LogP contribution < -0.4 is 10.5 Å². The van der Waals surface area contributed by atoms with Crippen LogP contribution in [0.4, 0.5) is 0 Å². The maximum atomic E-state index is 5.73. The summed E-state index contributed by atoms with van der Waals surface area (Å²) in [5.41, 5.74) is 10.8. The third-order valence-corrected chi connectivity index (χ3v) is 5.54. The molecule has 0 aliphatic rings. The molecule has 0 atom stereocenters. The molecule has 146 valence electrons. The highest BCUT2D eigenvalue weighted by Crippen LogP contribution is 2.19. The Hall–Kier alpha value is -2.27. The van der Waals surface area contributed by atoms with E-state index in [4.69, 9.17) is 10.5 Å². The lowest BCUT2D eigenvalue weighted by atomic mass is 10.1. The zero-order valence-electron chi connectivity index (χ0n) is 16.6. The van der Waals surface area contributed by atoms with Crippen LogP contribution in [0.1, 0.15) is 22.3 Å². The minimum Gasteiger partial charge on any atom is -0.497 e. The van der Waals surface area contributed by atoms with Crippen molar-refractivity contribution in [2.75, 3.05) is 13.4 Å². The molecule has 0 saturated carbocycles. The number of thioether (sulfide) groups is 1. The first-order valence-electron chi connectivity index (χ1n) is 9.46. The normalized spacial score (nSPS) is 11.0. The van der Waals surface area contributed by atoms with E-state index in [0.717, 1.165) is 30.9 Å². The highest BCUT2D eigenvalue weighted by atomic mass is 32.2. The van der Waals surface area contributed by atoms with E-state index in [1.54, 1.807) is 18.9 Å². The van der Waals surface area contributed by atoms with Gasteiger partial charge in [-0.15, -0.1) is 11.8 Å². The Balaban J connectivity index is 1.76. The Morgan fingerprint density at radius 2 is 1.14 bits per heavy atom. The molecule has 0 amide bonds. The lowest BCUT2D eigenvalue weighted by molar-refractivity contribution is 0.247. The molecule has 3 aromatic rings. The molecular weight excluding hydrogens is 364 g/mol. The first-order chi connectivity index (χ1) is 13.7. The van der Waals surface area contributed by atoms with Crippen LogP contribution in [-0.4, -0.2) is 18.3 Å². The van der Waals surface area contributed by atoms with Crippen LogP contribution >= 0.6 is 11.8 Å². The molecule has 0 fully saturated rings. The van der Waals surface area contributed by atoms with Gasteiger partial charge in [0.15, 0.2) is 0 Å². The van der Waals surface area contributed by atoms with Crippen molar-refractivity contribution in [3.8, 4) is 5.75 Å². The lowest BCUT2D eigenvalue weighted by Gasteiger charge is -2.23. The highest BCUT2D eigenvalue weighted by Gasteiger charge is 2.09. The number of nitrogens with zero attached hydrogens (tertiary/aromatic N) is 1. The van der Waals surface area contributed by atoms with Crippen LogP contribution in [0.3, 0.4) is 0 Å². The molecule has 3 aromatic carbocycles. The Labute approximate surface area is 172 Å². The molecule has 0 unspecified atom stereocenters. The molecule has 0 aliphatic heterocycles. The summed E-state index contributed by atoms with van der Waals surface area (Å²) in [5.74, 6) is 0.889. The van der Waals surface area contributed by atoms with E-state index >= 15 is 0 Å². The van der Waals surface area contributed by atoms with Gasteiger partial charge in [-0.3, -0.25) is 4.90 Å². The summed E-state index contributed by atoms with van der Waals surface area (Å²) in [6.45, 7) is 3.25. The van der Waals surface area contributed by atoms with Gasteiger partial charge in [0.25, 0.3) is 0 Å². The van der Waals surface area contributed by atoms with Gasteiger partial charge in [0.2, 0.25) is 0 Å². The average Bonchev–Trinajstić information content (AvgIpc) is 2.75. The Morgan fingerprint density at radius 3 is 1.57 bits per heavy atom. The monoisotopic (exact) mass is 392 g/mol. The number of rotatable bonds is 9. The third kappa shape index (κ3) is 5.86. The maximum Gasteiger partial charge on any atom is 0.118 e. The van der Waals surface area contributed by atoms with Crippen molar-refractivity contribution in [3.05, 3.63) is 95.1 Å². The van der Waals surface area contributed by atoms with E-state index in [2.05, 4.69) is 71.8 Å². The summed E-state index contributed by atoms with van der Waals surface area (Å²) in [7, 11) is 1.70. The van der Waals surface area contributed by atoms with Gasteiger partial charge in [-0.1, -0.05) is 48.5 Å². The molecule has 2 N–H and O–H groups in total. The predicted octanol–water partition coefficient (Wildman–Crippen LogP) is 5.08. The molecule has 0 bridgehead atoms. The molecule has 3 rings (SSSR count). The standard InChI is InChI=1S/C24H28N2OS/c1-27-23-11-7-21(8-12-23)17-26(16-20-5-3-19(15-25)4-6-20)18-22-9-13-24(28-2)14-10-22/h3-14H,15-18,25H2,1-2H3. The SMILES string of the molecule is COc1ccc(CN(Cc2ccc(CN)cc2)Cc2ccc(SC)cc2)cc1. The van der Waals surface area contributed by atoms with Crippen molar-refractivity contribution in [3.63, 3.8) is 0 Å². The van der Waals surface area contributed by atoms with Crippen LogP contribution in [0.5, 0.6) is 5.75 Å². The Morgan fingerprint density at radius 1 is 0.714 bits per heavy atom. The number of hydrogen-bond donors (Lipinski definition) is 1. The largest absolute Gasteiger partial charge is 0.497 e. The first-order valence-corrected chi connectivity index (χ1v) is 10.7. The topological polar surface area (TPSA) is 38.5 Å². The molecule has 0 radical (unpaired) electrons. The molecule has 0 aliphatic carbocycles. The third-order valence-electron chi connectivity index (χ3n) is 4.80. The number of ether oxygens (including phenoxy) is 1. The number of benzene rings is 3. The molecule has 0 heterocycles. The molecule has 28 heavy (non-hydrogen) atoms. The van der Waals surface area contributed by atoms with Crippen molar-refractivity contribution < 1.29 is 4.74 Å². The van der Waals surface area contributed by atoms with Gasteiger partial charge in [-0.2, -0.15) is 0 Å². The Kier molecular flexibility index (Phi) is 7.54. The second kappa shape index (κ2) is 10.3. The minimum absolute atomic E-state index is 0.581. The summed E-state index contributed by atoms with van der Waals surface area (Å²) >= 11 is 1.77. The summed E-state index contributed by atoms with van der Waals surface area (Å²) in [6, 6.07) is 25.8. The van der Waals surface area contributed by atoms with E-state index in [9.17, 15) is 0 Å². The second-order valence-corrected chi connectivity index (χ2v) is 7.74. The molecule has 0 saturated heterocycles. The highest BCUT2D eigenvalue weighted by molar-refractivity contribution is 7.98. The van der Waals surface area contributed by atoms with E-state index in [1.807, 2.05) is 12.1 Å².